The van der Waals surface area contributed by atoms with Crippen LogP contribution < -0.4 is 0 Å². The van der Waals surface area contributed by atoms with E-state index in [9.17, 15) is 18.0 Å². The Balaban J connectivity index is 1.46. The van der Waals surface area contributed by atoms with Gasteiger partial charge in [-0.1, -0.05) is 60.7 Å². The molecule has 2 heterocycles. The molecule has 1 unspecified atom stereocenters. The van der Waals surface area contributed by atoms with Crippen molar-refractivity contribution in [2.75, 3.05) is 50.8 Å². The lowest BCUT2D eigenvalue weighted by Gasteiger charge is -2.41. The number of rotatable bonds is 5. The van der Waals surface area contributed by atoms with Crippen molar-refractivity contribution in [1.82, 2.24) is 14.7 Å². The molecule has 4 rings (SSSR count). The Morgan fingerprint density at radius 2 is 1.26 bits per heavy atom. The summed E-state index contributed by atoms with van der Waals surface area (Å²) in [4.78, 5) is 32.7. The molecule has 34 heavy (non-hydrogen) atoms. The molecule has 0 aromatic heterocycles. The van der Waals surface area contributed by atoms with Crippen LogP contribution in [-0.4, -0.2) is 85.7 Å². The normalized spacial score (nSPS) is 20.1. The predicted molar refractivity (Wildman–Crippen MR) is 132 cm³/mol. The molecule has 0 N–H and O–H groups in total. The van der Waals surface area contributed by atoms with Gasteiger partial charge in [-0.15, -0.1) is 0 Å². The van der Waals surface area contributed by atoms with Crippen LogP contribution in [0.2, 0.25) is 0 Å². The molecular weight excluding hydrogens is 450 g/mol. The van der Waals surface area contributed by atoms with E-state index in [0.717, 1.165) is 11.1 Å². The van der Waals surface area contributed by atoms with Gasteiger partial charge < -0.3 is 9.80 Å². The number of carbonyl (C=O) groups excluding carboxylic acids is 2. The monoisotopic (exact) mass is 483 g/mol. The highest BCUT2D eigenvalue weighted by Gasteiger charge is 2.38. The number of amides is 2. The fourth-order valence-corrected chi connectivity index (χ4v) is 6.04. The van der Waals surface area contributed by atoms with Crippen molar-refractivity contribution in [1.29, 1.82) is 0 Å². The number of sulfone groups is 1. The number of nitrogens with zero attached hydrogens (tertiary/aromatic N) is 3. The van der Waals surface area contributed by atoms with E-state index in [4.69, 9.17) is 0 Å². The van der Waals surface area contributed by atoms with E-state index in [-0.39, 0.29) is 23.3 Å². The Kier molecular flexibility index (Phi) is 7.09. The van der Waals surface area contributed by atoms with E-state index in [2.05, 4.69) is 0 Å². The summed E-state index contributed by atoms with van der Waals surface area (Å²) in [6, 6.07) is 18.8. The van der Waals surface area contributed by atoms with Crippen LogP contribution in [0, 0.1) is 0 Å². The molecule has 1 atom stereocenters. The highest BCUT2D eigenvalue weighted by Crippen LogP contribution is 2.28. The molecule has 182 valence electrons. The fraction of sp³-hybridized carbons (Fsp3) is 0.462. The topological polar surface area (TPSA) is 78.0 Å². The summed E-state index contributed by atoms with van der Waals surface area (Å²) >= 11 is 0. The van der Waals surface area contributed by atoms with Gasteiger partial charge in [-0.25, -0.2) is 8.42 Å². The highest BCUT2D eigenvalue weighted by atomic mass is 32.2. The predicted octanol–water partition coefficient (Wildman–Crippen LogP) is 2.11. The molecule has 2 aromatic carbocycles. The van der Waals surface area contributed by atoms with Crippen LogP contribution in [0.1, 0.15) is 31.0 Å². The Labute approximate surface area is 202 Å². The Hall–Kier alpha value is -2.71. The van der Waals surface area contributed by atoms with Crippen molar-refractivity contribution in [2.45, 2.75) is 25.3 Å². The first kappa shape index (κ1) is 24.4. The minimum atomic E-state index is -3.05. The zero-order valence-corrected chi connectivity index (χ0v) is 20.7. The van der Waals surface area contributed by atoms with Gasteiger partial charge in [-0.05, 0) is 25.0 Å². The van der Waals surface area contributed by atoms with Crippen LogP contribution in [0.15, 0.2) is 60.7 Å². The summed E-state index contributed by atoms with van der Waals surface area (Å²) in [5.41, 5.74) is 1.21. The number of hydrogen-bond donors (Lipinski definition) is 0. The number of benzene rings is 2. The van der Waals surface area contributed by atoms with Crippen LogP contribution in [0.3, 0.4) is 0 Å². The molecule has 0 radical (unpaired) electrons. The van der Waals surface area contributed by atoms with Crippen molar-refractivity contribution in [3.8, 4) is 0 Å². The molecule has 2 aromatic rings. The minimum absolute atomic E-state index is 0.0279. The molecule has 2 aliphatic heterocycles. The second-order valence-electron chi connectivity index (χ2n) is 9.61. The first-order valence-corrected chi connectivity index (χ1v) is 13.6. The van der Waals surface area contributed by atoms with E-state index in [1.807, 2.05) is 89.2 Å². The van der Waals surface area contributed by atoms with Crippen LogP contribution in [-0.2, 0) is 24.8 Å². The molecule has 2 aliphatic rings. The van der Waals surface area contributed by atoms with Crippen molar-refractivity contribution in [2.24, 2.45) is 0 Å². The molecule has 0 spiro atoms. The molecule has 2 fully saturated rings. The van der Waals surface area contributed by atoms with Crippen LogP contribution in [0.5, 0.6) is 0 Å². The van der Waals surface area contributed by atoms with Crippen molar-refractivity contribution >= 4 is 21.7 Å². The van der Waals surface area contributed by atoms with E-state index in [0.29, 0.717) is 39.3 Å². The largest absolute Gasteiger partial charge is 0.338 e. The van der Waals surface area contributed by atoms with Crippen LogP contribution in [0.25, 0.3) is 0 Å². The van der Waals surface area contributed by atoms with Gasteiger partial charge in [0.25, 0.3) is 0 Å². The Bertz CT molecular complexity index is 1100. The molecule has 0 bridgehead atoms. The second-order valence-corrected chi connectivity index (χ2v) is 11.9. The summed E-state index contributed by atoms with van der Waals surface area (Å²) in [7, 11) is -3.05. The Morgan fingerprint density at radius 1 is 0.765 bits per heavy atom. The van der Waals surface area contributed by atoms with Crippen LogP contribution in [0.4, 0.5) is 0 Å². The smallest absolute Gasteiger partial charge is 0.244 e. The SMILES string of the molecule is CC(C)(C(=O)N1CCN(C(=O)C(c2ccccc2)N2CCS(=O)(=O)CC2)CC1)c1ccccc1. The first-order valence-electron chi connectivity index (χ1n) is 11.8. The highest BCUT2D eigenvalue weighted by molar-refractivity contribution is 7.91. The van der Waals surface area contributed by atoms with E-state index in [1.165, 1.54) is 0 Å². The molecule has 8 heteroatoms. The van der Waals surface area contributed by atoms with Crippen molar-refractivity contribution in [3.63, 3.8) is 0 Å². The Morgan fingerprint density at radius 3 is 1.82 bits per heavy atom. The van der Waals surface area contributed by atoms with E-state index < -0.39 is 21.3 Å². The van der Waals surface area contributed by atoms with E-state index in [1.54, 1.807) is 0 Å². The number of piperazine rings is 1. The lowest BCUT2D eigenvalue weighted by atomic mass is 9.83. The van der Waals surface area contributed by atoms with Gasteiger partial charge in [0.2, 0.25) is 11.8 Å². The zero-order valence-electron chi connectivity index (χ0n) is 19.9. The molecule has 7 nitrogen and oxygen atoms in total. The summed E-state index contributed by atoms with van der Waals surface area (Å²) in [5.74, 6) is 0.174. The fourth-order valence-electron chi connectivity index (χ4n) is 4.81. The lowest BCUT2D eigenvalue weighted by molar-refractivity contribution is -0.145. The molecule has 0 saturated carbocycles. The molecule has 2 amide bonds. The van der Waals surface area contributed by atoms with Crippen molar-refractivity contribution < 1.29 is 18.0 Å². The minimum Gasteiger partial charge on any atom is -0.338 e. The molecule has 2 saturated heterocycles. The van der Waals surface area contributed by atoms with Gasteiger partial charge in [-0.2, -0.15) is 0 Å². The van der Waals surface area contributed by atoms with E-state index >= 15 is 0 Å². The van der Waals surface area contributed by atoms with Crippen molar-refractivity contribution in [3.05, 3.63) is 71.8 Å². The average Bonchev–Trinajstić information content (AvgIpc) is 2.86. The van der Waals surface area contributed by atoms with Crippen LogP contribution >= 0.6 is 0 Å². The number of hydrogen-bond acceptors (Lipinski definition) is 5. The standard InChI is InChI=1S/C26H33N3O4S/c1-26(2,22-11-7-4-8-12-22)25(31)29-15-13-28(14-16-29)24(30)23(21-9-5-3-6-10-21)27-17-19-34(32,33)20-18-27/h3-12,23H,13-20H2,1-2H3. The number of carbonyl (C=O) groups is 2. The van der Waals surface area contributed by atoms with Gasteiger partial charge in [0.05, 0.1) is 16.9 Å². The summed E-state index contributed by atoms with van der Waals surface area (Å²) in [5, 5.41) is 0. The summed E-state index contributed by atoms with van der Waals surface area (Å²) in [6.07, 6.45) is 0. The maximum atomic E-state index is 13.7. The third-order valence-corrected chi connectivity index (χ3v) is 8.61. The lowest BCUT2D eigenvalue weighted by Crippen LogP contribution is -2.56. The summed E-state index contributed by atoms with van der Waals surface area (Å²) in [6.45, 7) is 6.47. The van der Waals surface area contributed by atoms with Gasteiger partial charge in [0.1, 0.15) is 6.04 Å². The maximum Gasteiger partial charge on any atom is 0.244 e. The quantitative estimate of drug-likeness (QED) is 0.651. The van der Waals surface area contributed by atoms with Gasteiger partial charge >= 0.3 is 0 Å². The first-order chi connectivity index (χ1) is 16.2. The second kappa shape index (κ2) is 9.88. The maximum absolute atomic E-state index is 13.7. The van der Waals surface area contributed by atoms with Gasteiger partial charge in [-0.3, -0.25) is 14.5 Å². The van der Waals surface area contributed by atoms with Gasteiger partial charge in [0, 0.05) is 39.3 Å². The molecule has 0 aliphatic carbocycles. The van der Waals surface area contributed by atoms with Gasteiger partial charge in [0.15, 0.2) is 9.84 Å². The molecular formula is C26H33N3O4S. The third-order valence-electron chi connectivity index (χ3n) is 7.00. The summed E-state index contributed by atoms with van der Waals surface area (Å²) < 4.78 is 23.9. The third kappa shape index (κ3) is 5.18. The average molecular weight is 484 g/mol. The zero-order chi connectivity index (χ0) is 24.3.